The summed E-state index contributed by atoms with van der Waals surface area (Å²) in [7, 11) is 0. The molecule has 112 valence electrons. The van der Waals surface area contributed by atoms with E-state index in [1.165, 1.54) is 19.3 Å². The maximum absolute atomic E-state index is 12.0. The molecule has 0 spiro atoms. The summed E-state index contributed by atoms with van der Waals surface area (Å²) in [6.07, 6.45) is 6.36. The van der Waals surface area contributed by atoms with Crippen molar-refractivity contribution in [3.8, 4) is 0 Å². The van der Waals surface area contributed by atoms with Crippen LogP contribution in [0.2, 0.25) is 0 Å². The monoisotopic (exact) mass is 277 g/mol. The molecule has 0 radical (unpaired) electrons. The predicted molar refractivity (Wildman–Crippen MR) is 84.0 cm³/mol. The molecule has 0 fully saturated rings. The number of anilines is 1. The number of amides is 1. The van der Waals surface area contributed by atoms with Crippen molar-refractivity contribution in [3.05, 3.63) is 23.9 Å². The van der Waals surface area contributed by atoms with E-state index in [0.29, 0.717) is 11.5 Å². The fourth-order valence-electron chi connectivity index (χ4n) is 2.10. The van der Waals surface area contributed by atoms with Crippen LogP contribution in [0.5, 0.6) is 0 Å². The molecule has 1 rings (SSSR count). The highest BCUT2D eigenvalue weighted by atomic mass is 16.1. The molecule has 0 aliphatic carbocycles. The Morgan fingerprint density at radius 2 is 2.10 bits per heavy atom. The minimum atomic E-state index is -0.0319. The van der Waals surface area contributed by atoms with Gasteiger partial charge in [0.2, 0.25) is 0 Å². The number of unbranched alkanes of at least 4 members (excludes halogenated alkanes) is 1. The average Bonchev–Trinajstić information content (AvgIpc) is 2.48. The lowest BCUT2D eigenvalue weighted by atomic mass is 9.99. The summed E-state index contributed by atoms with van der Waals surface area (Å²) >= 11 is 0. The number of hydrogen-bond acceptors (Lipinski definition) is 3. The summed E-state index contributed by atoms with van der Waals surface area (Å²) in [5.74, 6) is 1.35. The van der Waals surface area contributed by atoms with E-state index in [0.717, 1.165) is 25.3 Å². The highest BCUT2D eigenvalue weighted by Crippen LogP contribution is 2.11. The molecule has 0 aromatic carbocycles. The van der Waals surface area contributed by atoms with Crippen LogP contribution in [-0.4, -0.2) is 24.0 Å². The highest BCUT2D eigenvalue weighted by molar-refractivity contribution is 5.94. The second-order valence-electron chi connectivity index (χ2n) is 5.09. The molecule has 1 aromatic rings. The van der Waals surface area contributed by atoms with Gasteiger partial charge in [0.1, 0.15) is 5.82 Å². The number of hydrogen-bond donors (Lipinski definition) is 2. The molecule has 0 aliphatic heterocycles. The quantitative estimate of drug-likeness (QED) is 0.727. The van der Waals surface area contributed by atoms with Gasteiger partial charge in [0.05, 0.1) is 5.56 Å². The van der Waals surface area contributed by atoms with Crippen LogP contribution in [0.3, 0.4) is 0 Å². The minimum Gasteiger partial charge on any atom is -0.370 e. The molecular formula is C16H27N3O. The van der Waals surface area contributed by atoms with Crippen molar-refractivity contribution in [2.24, 2.45) is 5.92 Å². The molecule has 1 aromatic heterocycles. The highest BCUT2D eigenvalue weighted by Gasteiger charge is 2.10. The van der Waals surface area contributed by atoms with Gasteiger partial charge in [-0.1, -0.05) is 33.1 Å². The fraction of sp³-hybridized carbons (Fsp3) is 0.625. The van der Waals surface area contributed by atoms with Crippen molar-refractivity contribution in [2.75, 3.05) is 18.4 Å². The van der Waals surface area contributed by atoms with Gasteiger partial charge in [-0.2, -0.15) is 0 Å². The van der Waals surface area contributed by atoms with E-state index in [9.17, 15) is 4.79 Å². The minimum absolute atomic E-state index is 0.0319. The Labute approximate surface area is 122 Å². The first kappa shape index (κ1) is 16.5. The molecule has 0 bridgehead atoms. The van der Waals surface area contributed by atoms with Crippen molar-refractivity contribution in [2.45, 2.75) is 46.5 Å². The van der Waals surface area contributed by atoms with E-state index < -0.39 is 0 Å². The van der Waals surface area contributed by atoms with Crippen molar-refractivity contribution in [3.63, 3.8) is 0 Å². The molecule has 20 heavy (non-hydrogen) atoms. The second-order valence-corrected chi connectivity index (χ2v) is 5.09. The van der Waals surface area contributed by atoms with Gasteiger partial charge in [0.15, 0.2) is 0 Å². The Bertz CT molecular complexity index is 389. The first-order valence-electron chi connectivity index (χ1n) is 7.69. The Kier molecular flexibility index (Phi) is 7.70. The van der Waals surface area contributed by atoms with Gasteiger partial charge >= 0.3 is 0 Å². The molecule has 0 aliphatic rings. The summed E-state index contributed by atoms with van der Waals surface area (Å²) in [6, 6.07) is 3.65. The van der Waals surface area contributed by atoms with Gasteiger partial charge < -0.3 is 10.6 Å². The Morgan fingerprint density at radius 1 is 1.30 bits per heavy atom. The molecule has 4 nitrogen and oxygen atoms in total. The third kappa shape index (κ3) is 5.59. The zero-order chi connectivity index (χ0) is 14.8. The molecule has 4 heteroatoms. The van der Waals surface area contributed by atoms with Crippen molar-refractivity contribution in [1.29, 1.82) is 0 Å². The maximum Gasteiger partial charge on any atom is 0.252 e. The van der Waals surface area contributed by atoms with Crippen molar-refractivity contribution in [1.82, 2.24) is 10.3 Å². The van der Waals surface area contributed by atoms with E-state index in [4.69, 9.17) is 0 Å². The molecular weight excluding hydrogens is 250 g/mol. The van der Waals surface area contributed by atoms with Crippen LogP contribution >= 0.6 is 0 Å². The molecule has 0 saturated carbocycles. The van der Waals surface area contributed by atoms with Crippen LogP contribution in [0, 0.1) is 5.92 Å². The van der Waals surface area contributed by atoms with Gasteiger partial charge in [0.25, 0.3) is 5.91 Å². The van der Waals surface area contributed by atoms with Crippen LogP contribution in [0.1, 0.15) is 56.8 Å². The van der Waals surface area contributed by atoms with Gasteiger partial charge in [-0.3, -0.25) is 4.79 Å². The van der Waals surface area contributed by atoms with E-state index in [1.807, 2.05) is 19.1 Å². The number of aromatic nitrogens is 1. The first-order chi connectivity index (χ1) is 9.71. The number of carbonyl (C=O) groups excluding carboxylic acids is 1. The van der Waals surface area contributed by atoms with Crippen LogP contribution in [0.25, 0.3) is 0 Å². The molecule has 2 N–H and O–H groups in total. The molecule has 1 unspecified atom stereocenters. The summed E-state index contributed by atoms with van der Waals surface area (Å²) < 4.78 is 0. The summed E-state index contributed by atoms with van der Waals surface area (Å²) in [5.41, 5.74) is 0.622. The summed E-state index contributed by atoms with van der Waals surface area (Å²) in [4.78, 5) is 16.3. The summed E-state index contributed by atoms with van der Waals surface area (Å²) in [6.45, 7) is 7.98. The number of rotatable bonds is 9. The van der Waals surface area contributed by atoms with Gasteiger partial charge in [-0.05, 0) is 31.4 Å². The third-order valence-electron chi connectivity index (χ3n) is 3.48. The lowest BCUT2D eigenvalue weighted by Crippen LogP contribution is -2.29. The zero-order valence-electron chi connectivity index (χ0n) is 12.9. The van der Waals surface area contributed by atoms with Gasteiger partial charge in [0, 0.05) is 19.3 Å². The van der Waals surface area contributed by atoms with E-state index in [2.05, 4.69) is 29.5 Å². The number of pyridine rings is 1. The van der Waals surface area contributed by atoms with Gasteiger partial charge in [-0.25, -0.2) is 4.98 Å². The fourth-order valence-corrected chi connectivity index (χ4v) is 2.10. The lowest BCUT2D eigenvalue weighted by molar-refractivity contribution is 0.0945. The summed E-state index contributed by atoms with van der Waals surface area (Å²) in [5, 5.41) is 6.12. The standard InChI is InChI=1S/C16H27N3O/c1-4-7-8-13(5-2)11-19-16(20)14-9-10-15(17-6-3)18-12-14/h9-10,12-13H,4-8,11H2,1-3H3,(H,17,18)(H,19,20). The van der Waals surface area contributed by atoms with Crippen molar-refractivity contribution < 1.29 is 4.79 Å². The molecule has 1 atom stereocenters. The Hall–Kier alpha value is -1.58. The smallest absolute Gasteiger partial charge is 0.252 e. The molecule has 1 amide bonds. The van der Waals surface area contributed by atoms with Crippen LogP contribution in [0.4, 0.5) is 5.82 Å². The first-order valence-corrected chi connectivity index (χ1v) is 7.69. The largest absolute Gasteiger partial charge is 0.370 e. The normalized spacial score (nSPS) is 11.9. The van der Waals surface area contributed by atoms with E-state index in [1.54, 1.807) is 6.20 Å². The SMILES string of the molecule is CCCCC(CC)CNC(=O)c1ccc(NCC)nc1. The maximum atomic E-state index is 12.0. The lowest BCUT2D eigenvalue weighted by Gasteiger charge is -2.15. The second kappa shape index (κ2) is 9.34. The van der Waals surface area contributed by atoms with E-state index in [-0.39, 0.29) is 5.91 Å². The molecule has 0 saturated heterocycles. The van der Waals surface area contributed by atoms with Gasteiger partial charge in [-0.15, -0.1) is 0 Å². The average molecular weight is 277 g/mol. The van der Waals surface area contributed by atoms with Crippen LogP contribution < -0.4 is 10.6 Å². The van der Waals surface area contributed by atoms with Crippen molar-refractivity contribution >= 4 is 11.7 Å². The Balaban J connectivity index is 2.45. The topological polar surface area (TPSA) is 54.0 Å². The number of nitrogens with zero attached hydrogens (tertiary/aromatic N) is 1. The number of carbonyl (C=O) groups is 1. The van der Waals surface area contributed by atoms with Crippen LogP contribution in [0.15, 0.2) is 18.3 Å². The zero-order valence-corrected chi connectivity index (χ0v) is 12.9. The van der Waals surface area contributed by atoms with Crippen LogP contribution in [-0.2, 0) is 0 Å². The molecule has 1 heterocycles. The van der Waals surface area contributed by atoms with E-state index >= 15 is 0 Å². The number of nitrogens with one attached hydrogen (secondary N) is 2. The predicted octanol–water partition coefficient (Wildman–Crippen LogP) is 3.46. The third-order valence-corrected chi connectivity index (χ3v) is 3.48. The Morgan fingerprint density at radius 3 is 2.65 bits per heavy atom.